The van der Waals surface area contributed by atoms with Gasteiger partial charge >= 0.3 is 12.1 Å². The molecule has 15 nitrogen and oxygen atoms in total. The van der Waals surface area contributed by atoms with E-state index >= 15 is 0 Å². The van der Waals surface area contributed by atoms with E-state index in [-0.39, 0.29) is 54.1 Å². The number of carboxylic acid groups (broad SMARTS) is 1. The number of ether oxygens (including phenoxy) is 3. The minimum absolute atomic E-state index is 0.0993. The van der Waals surface area contributed by atoms with Gasteiger partial charge in [-0.25, -0.2) is 20.4 Å². The largest absolute Gasteiger partial charge is 0.479 e. The third-order valence-electron chi connectivity index (χ3n) is 12.1. The quantitative estimate of drug-likeness (QED) is 0.206. The van der Waals surface area contributed by atoms with Crippen LogP contribution in [0.1, 0.15) is 77.0 Å². The van der Waals surface area contributed by atoms with E-state index in [9.17, 15) is 24.3 Å². The number of alkyl carbamates (subject to hydrolysis) is 1. The summed E-state index contributed by atoms with van der Waals surface area (Å²) in [5.41, 5.74) is 6.14. The monoisotopic (exact) mass is 733 g/mol. The van der Waals surface area contributed by atoms with Gasteiger partial charge in [0.2, 0.25) is 11.8 Å². The number of rotatable bonds is 7. The average Bonchev–Trinajstić information content (AvgIpc) is 3.77. The molecule has 0 bridgehead atoms. The number of amides is 3. The van der Waals surface area contributed by atoms with Crippen LogP contribution in [-0.4, -0.2) is 131 Å². The lowest BCUT2D eigenvalue weighted by atomic mass is 9.80. The van der Waals surface area contributed by atoms with Crippen molar-refractivity contribution in [3.63, 3.8) is 0 Å². The zero-order valence-corrected chi connectivity index (χ0v) is 30.4. The summed E-state index contributed by atoms with van der Waals surface area (Å²) in [6.07, 6.45) is 12.0. The molecule has 0 spiro atoms. The molecule has 7 aliphatic rings. The number of nitrogens with zero attached hydrogens (tertiary/aromatic N) is 2. The van der Waals surface area contributed by atoms with Gasteiger partial charge in [0.25, 0.3) is 0 Å². The summed E-state index contributed by atoms with van der Waals surface area (Å²) < 4.78 is 16.6. The van der Waals surface area contributed by atoms with E-state index < -0.39 is 35.6 Å². The Morgan fingerprint density at radius 1 is 1.06 bits per heavy atom. The molecule has 3 unspecified atom stereocenters. The van der Waals surface area contributed by atoms with E-state index in [0.29, 0.717) is 51.2 Å². The fraction of sp³-hybridized carbons (Fsp3) is 0.829. The first-order valence-corrected chi connectivity index (χ1v) is 20.1. The van der Waals surface area contributed by atoms with E-state index in [1.54, 1.807) is 12.0 Å². The van der Waals surface area contributed by atoms with Gasteiger partial charge in [0.15, 0.2) is 0 Å². The number of hydrazine groups is 2. The molecule has 16 heteroatoms. The van der Waals surface area contributed by atoms with Gasteiger partial charge in [-0.05, 0) is 63.7 Å². The van der Waals surface area contributed by atoms with Crippen molar-refractivity contribution in [1.29, 1.82) is 0 Å². The molecule has 6 fully saturated rings. The predicted octanol–water partition coefficient (Wildman–Crippen LogP) is 1.25. The van der Waals surface area contributed by atoms with Crippen LogP contribution < -0.4 is 26.8 Å². The Morgan fingerprint density at radius 2 is 1.88 bits per heavy atom. The summed E-state index contributed by atoms with van der Waals surface area (Å²) in [4.78, 5) is 55.9. The fourth-order valence-electron chi connectivity index (χ4n) is 8.94. The Labute approximate surface area is 304 Å². The number of carbonyl (C=O) groups excluding carboxylic acids is 3. The molecule has 0 aromatic heterocycles. The van der Waals surface area contributed by atoms with Crippen LogP contribution in [0.25, 0.3) is 0 Å². The molecule has 0 aromatic rings. The van der Waals surface area contributed by atoms with Crippen LogP contribution in [0.2, 0.25) is 0 Å². The summed E-state index contributed by atoms with van der Waals surface area (Å²) in [6, 6.07) is -1.85. The van der Waals surface area contributed by atoms with Crippen LogP contribution in [0.4, 0.5) is 4.79 Å². The number of fused-ring (bicyclic) bond motifs is 2. The van der Waals surface area contributed by atoms with Crippen LogP contribution in [-0.2, 0) is 28.6 Å². The van der Waals surface area contributed by atoms with Crippen molar-refractivity contribution >= 4 is 35.6 Å². The van der Waals surface area contributed by atoms with Crippen LogP contribution in [0.3, 0.4) is 0 Å². The number of thioether (sulfide) groups is 1. The lowest BCUT2D eigenvalue weighted by Crippen LogP contribution is -2.56. The Balaban J connectivity index is 1.12. The third kappa shape index (κ3) is 8.21. The highest BCUT2D eigenvalue weighted by atomic mass is 32.2. The number of methoxy groups -OCH3 is 1. The Morgan fingerprint density at radius 3 is 2.61 bits per heavy atom. The van der Waals surface area contributed by atoms with Crippen LogP contribution in [0.5, 0.6) is 0 Å². The van der Waals surface area contributed by atoms with Gasteiger partial charge in [-0.2, -0.15) is 5.12 Å². The van der Waals surface area contributed by atoms with Crippen molar-refractivity contribution in [2.75, 3.05) is 39.2 Å². The third-order valence-corrected chi connectivity index (χ3v) is 13.3. The van der Waals surface area contributed by atoms with Gasteiger partial charge in [0.05, 0.1) is 36.8 Å². The van der Waals surface area contributed by atoms with Crippen LogP contribution in [0.15, 0.2) is 12.2 Å². The normalized spacial score (nSPS) is 41.5. The second-order valence-corrected chi connectivity index (χ2v) is 16.6. The number of hydrogen-bond acceptors (Lipinski definition) is 12. The summed E-state index contributed by atoms with van der Waals surface area (Å²) >= 11 is 1.91. The van der Waals surface area contributed by atoms with Crippen molar-refractivity contribution < 1.29 is 38.5 Å². The van der Waals surface area contributed by atoms with Gasteiger partial charge < -0.3 is 40.2 Å². The van der Waals surface area contributed by atoms with Crippen molar-refractivity contribution in [3.8, 4) is 0 Å². The molecule has 2 aliphatic carbocycles. The maximum atomic E-state index is 14.5. The Hall–Kier alpha value is -2.47. The maximum Gasteiger partial charge on any atom is 0.408 e. The SMILES string of the molecule is COC1CCC(C2NN([C@@H]3C[C@H]4C(=O)N[C@]5(C(=O)O)C[C@H]5/C=C\CCCCC[C@H](NC(=O)O[C@H]5CCOC5)C(=O)N4C3)NC2C2NCCS2)CC1. The molecule has 2 saturated carbocycles. The van der Waals surface area contributed by atoms with Gasteiger partial charge in [0.1, 0.15) is 23.7 Å². The maximum absolute atomic E-state index is 14.5. The highest BCUT2D eigenvalue weighted by Gasteiger charge is 2.61. The van der Waals surface area contributed by atoms with Crippen LogP contribution in [0, 0.1) is 11.8 Å². The van der Waals surface area contributed by atoms with Gasteiger partial charge in [0, 0.05) is 44.3 Å². The Kier molecular flexibility index (Phi) is 11.8. The fourth-order valence-corrected chi connectivity index (χ4v) is 10.1. The van der Waals surface area contributed by atoms with E-state index in [4.69, 9.17) is 14.2 Å². The molecule has 5 aliphatic heterocycles. The molecule has 0 radical (unpaired) electrons. The number of allylic oxidation sites excluding steroid dienone is 1. The zero-order valence-electron chi connectivity index (χ0n) is 29.6. The van der Waals surface area contributed by atoms with E-state index in [1.165, 1.54) is 0 Å². The van der Waals surface area contributed by atoms with Crippen molar-refractivity contribution in [1.82, 2.24) is 36.8 Å². The van der Waals surface area contributed by atoms with E-state index in [2.05, 4.69) is 26.8 Å². The molecular formula is C35H55N7O8S. The van der Waals surface area contributed by atoms with E-state index in [0.717, 1.165) is 57.2 Å². The number of nitrogens with one attached hydrogen (secondary N) is 5. The van der Waals surface area contributed by atoms with Crippen LogP contribution >= 0.6 is 11.8 Å². The smallest absolute Gasteiger partial charge is 0.408 e. The second kappa shape index (κ2) is 16.3. The predicted molar refractivity (Wildman–Crippen MR) is 188 cm³/mol. The summed E-state index contributed by atoms with van der Waals surface area (Å²) in [5.74, 6) is -0.756. The van der Waals surface area contributed by atoms with Gasteiger partial charge in [-0.15, -0.1) is 11.8 Å². The molecule has 284 valence electrons. The minimum atomic E-state index is -1.39. The number of carbonyl (C=O) groups is 4. The number of carboxylic acids is 1. The first-order chi connectivity index (χ1) is 24.8. The average molecular weight is 734 g/mol. The topological polar surface area (TPSA) is 183 Å². The number of hydrogen-bond donors (Lipinski definition) is 6. The summed E-state index contributed by atoms with van der Waals surface area (Å²) in [7, 11) is 1.78. The summed E-state index contributed by atoms with van der Waals surface area (Å²) in [6.45, 7) is 2.01. The minimum Gasteiger partial charge on any atom is -0.479 e. The molecule has 5 heterocycles. The highest BCUT2D eigenvalue weighted by Crippen LogP contribution is 2.45. The zero-order chi connectivity index (χ0) is 35.5. The lowest BCUT2D eigenvalue weighted by molar-refractivity contribution is -0.145. The Bertz CT molecular complexity index is 1310. The molecule has 7 rings (SSSR count). The van der Waals surface area contributed by atoms with E-state index in [1.807, 2.05) is 29.0 Å². The second-order valence-electron chi connectivity index (χ2n) is 15.3. The first-order valence-electron chi connectivity index (χ1n) is 19.0. The highest BCUT2D eigenvalue weighted by molar-refractivity contribution is 8.00. The molecule has 9 atom stereocenters. The molecule has 51 heavy (non-hydrogen) atoms. The molecular weight excluding hydrogens is 678 g/mol. The number of aliphatic carboxylic acids is 1. The molecule has 0 aromatic carbocycles. The lowest BCUT2D eigenvalue weighted by Gasteiger charge is -2.35. The molecule has 3 amide bonds. The summed E-state index contributed by atoms with van der Waals surface area (Å²) in [5, 5.41) is 21.8. The molecule has 6 N–H and O–H groups in total. The first kappa shape index (κ1) is 36.9. The molecule has 4 saturated heterocycles. The van der Waals surface area contributed by atoms with Gasteiger partial charge in [-0.3, -0.25) is 9.59 Å². The standard InChI is InChI=1S/C35H55N7O8S/c1-48-24-11-9-21(10-12-24)28-29(31-36-14-16-51-31)40-42(39-28)23-17-27-30(43)38-35(33(45)46)18-22(35)7-5-3-2-4-6-8-26(32(44)41(27)19-23)37-34(47)50-25-13-15-49-20-25/h5,7,21-29,31,36,39-40H,2-4,6,8-20H2,1H3,(H,37,47)(H,38,43)(H,45,46)/b7-5-/t21?,22-,23-,24?,25+,26+,27+,28?,29?,31?,35-/m1/s1. The van der Waals surface area contributed by atoms with Crippen molar-refractivity contribution in [2.45, 2.75) is 130 Å². The van der Waals surface area contributed by atoms with Crippen molar-refractivity contribution in [2.24, 2.45) is 11.8 Å². The van der Waals surface area contributed by atoms with Crippen molar-refractivity contribution in [3.05, 3.63) is 12.2 Å². The van der Waals surface area contributed by atoms with Gasteiger partial charge in [-0.1, -0.05) is 25.0 Å².